The first-order valence-corrected chi connectivity index (χ1v) is 5.74. The summed E-state index contributed by atoms with van der Waals surface area (Å²) in [4.78, 5) is 10.8. The highest BCUT2D eigenvalue weighted by Crippen LogP contribution is 2.23. The second-order valence-electron chi connectivity index (χ2n) is 3.87. The first-order valence-electron chi connectivity index (χ1n) is 5.36. The summed E-state index contributed by atoms with van der Waals surface area (Å²) < 4.78 is 0. The highest BCUT2D eigenvalue weighted by molar-refractivity contribution is 6.30. The Morgan fingerprint density at radius 2 is 1.39 bits per heavy atom. The summed E-state index contributed by atoms with van der Waals surface area (Å²) in [5.41, 5.74) is 2.75. The number of benzene rings is 2. The predicted octanol–water partition coefficient (Wildman–Crippen LogP) is 4.10. The van der Waals surface area contributed by atoms with Crippen LogP contribution < -0.4 is 0 Å². The molecule has 0 saturated heterocycles. The van der Waals surface area contributed by atoms with Crippen LogP contribution in [0.1, 0.15) is 5.56 Å². The van der Waals surface area contributed by atoms with Crippen molar-refractivity contribution in [3.05, 3.63) is 65.7 Å². The second-order valence-corrected chi connectivity index (χ2v) is 4.30. The number of aliphatic carboxylic acids is 1. The van der Waals surface area contributed by atoms with Gasteiger partial charge in [-0.25, -0.2) is 4.79 Å². The molecule has 0 heterocycles. The van der Waals surface area contributed by atoms with Gasteiger partial charge in [-0.15, -0.1) is 0 Å². The largest absolute Gasteiger partial charge is 0.478 e. The van der Waals surface area contributed by atoms with Crippen molar-refractivity contribution in [3.8, 4) is 11.1 Å². The number of rotatable bonds is 3. The molecule has 2 aromatic carbocycles. The van der Waals surface area contributed by atoms with Gasteiger partial charge in [-0.1, -0.05) is 54.6 Å². The molecule has 90 valence electrons. The van der Waals surface area contributed by atoms with E-state index in [9.17, 15) is 4.79 Å². The monoisotopic (exact) mass is 258 g/mol. The lowest BCUT2D eigenvalue weighted by atomic mass is 10.0. The molecule has 0 amide bonds. The maximum absolute atomic E-state index is 10.8. The van der Waals surface area contributed by atoms with Gasteiger partial charge in [0.05, 0.1) is 5.57 Å². The van der Waals surface area contributed by atoms with E-state index in [1.165, 1.54) is 0 Å². The van der Waals surface area contributed by atoms with E-state index >= 15 is 0 Å². The highest BCUT2D eigenvalue weighted by atomic mass is 35.5. The van der Waals surface area contributed by atoms with E-state index in [0.717, 1.165) is 11.1 Å². The number of halogens is 1. The van der Waals surface area contributed by atoms with E-state index in [-0.39, 0.29) is 5.57 Å². The lowest BCUT2D eigenvalue weighted by Crippen LogP contribution is -1.97. The molecule has 0 unspecified atom stereocenters. The van der Waals surface area contributed by atoms with Crippen molar-refractivity contribution in [1.82, 2.24) is 0 Å². The fourth-order valence-electron chi connectivity index (χ4n) is 1.63. The Kier molecular flexibility index (Phi) is 3.49. The van der Waals surface area contributed by atoms with E-state index in [0.29, 0.717) is 10.6 Å². The van der Waals surface area contributed by atoms with Gasteiger partial charge < -0.3 is 5.11 Å². The van der Waals surface area contributed by atoms with Crippen molar-refractivity contribution < 1.29 is 9.90 Å². The second kappa shape index (κ2) is 5.07. The molecule has 0 atom stereocenters. The van der Waals surface area contributed by atoms with Crippen molar-refractivity contribution in [3.63, 3.8) is 0 Å². The van der Waals surface area contributed by atoms with E-state index in [4.69, 9.17) is 16.7 Å². The van der Waals surface area contributed by atoms with Crippen LogP contribution in [0.25, 0.3) is 16.7 Å². The molecule has 2 aromatic rings. The van der Waals surface area contributed by atoms with E-state index in [1.807, 2.05) is 36.4 Å². The van der Waals surface area contributed by atoms with Gasteiger partial charge in [-0.05, 0) is 28.8 Å². The maximum Gasteiger partial charge on any atom is 0.335 e. The van der Waals surface area contributed by atoms with Gasteiger partial charge in [-0.3, -0.25) is 0 Å². The average Bonchev–Trinajstić information content (AvgIpc) is 2.39. The minimum absolute atomic E-state index is 0.0951. The Labute approximate surface area is 110 Å². The Hall–Kier alpha value is -2.06. The number of hydrogen-bond donors (Lipinski definition) is 1. The molecule has 2 rings (SSSR count). The Morgan fingerprint density at radius 1 is 0.944 bits per heavy atom. The van der Waals surface area contributed by atoms with Gasteiger partial charge in [0.25, 0.3) is 0 Å². The molecule has 0 fully saturated rings. The van der Waals surface area contributed by atoms with Gasteiger partial charge in [0.15, 0.2) is 0 Å². The third-order valence-corrected chi connectivity index (χ3v) is 2.92. The quantitative estimate of drug-likeness (QED) is 0.842. The summed E-state index contributed by atoms with van der Waals surface area (Å²) in [6, 6.07) is 14.7. The molecule has 2 nitrogen and oxygen atoms in total. The van der Waals surface area contributed by atoms with Crippen LogP contribution in [0.3, 0.4) is 0 Å². The SMILES string of the molecule is C=C(C(=O)O)c1ccc(-c2ccc(Cl)cc2)cc1. The lowest BCUT2D eigenvalue weighted by Gasteiger charge is -2.04. The number of carbonyl (C=O) groups is 1. The van der Waals surface area contributed by atoms with Crippen LogP contribution in [-0.2, 0) is 4.79 Å². The van der Waals surface area contributed by atoms with Crippen LogP contribution >= 0.6 is 11.6 Å². The molecule has 0 aromatic heterocycles. The predicted molar refractivity (Wildman–Crippen MR) is 73.6 cm³/mol. The summed E-state index contributed by atoms with van der Waals surface area (Å²) in [7, 11) is 0. The molecular weight excluding hydrogens is 248 g/mol. The van der Waals surface area contributed by atoms with E-state index in [1.54, 1.807) is 12.1 Å². The smallest absolute Gasteiger partial charge is 0.335 e. The number of carboxylic acids is 1. The highest BCUT2D eigenvalue weighted by Gasteiger charge is 2.07. The van der Waals surface area contributed by atoms with E-state index < -0.39 is 5.97 Å². The fourth-order valence-corrected chi connectivity index (χ4v) is 1.76. The van der Waals surface area contributed by atoms with Gasteiger partial charge in [0, 0.05) is 5.02 Å². The molecule has 0 radical (unpaired) electrons. The number of hydrogen-bond acceptors (Lipinski definition) is 1. The minimum atomic E-state index is -1.01. The molecule has 0 aliphatic carbocycles. The third-order valence-electron chi connectivity index (χ3n) is 2.67. The van der Waals surface area contributed by atoms with Crippen LogP contribution in [0, 0.1) is 0 Å². The average molecular weight is 259 g/mol. The molecule has 18 heavy (non-hydrogen) atoms. The van der Waals surface area contributed by atoms with Gasteiger partial charge in [-0.2, -0.15) is 0 Å². The molecule has 3 heteroatoms. The molecule has 0 aliphatic heterocycles. The summed E-state index contributed by atoms with van der Waals surface area (Å²) in [6.07, 6.45) is 0. The zero-order valence-electron chi connectivity index (χ0n) is 9.56. The zero-order chi connectivity index (χ0) is 13.1. The maximum atomic E-state index is 10.8. The summed E-state index contributed by atoms with van der Waals surface area (Å²) in [5.74, 6) is -1.01. The van der Waals surface area contributed by atoms with Gasteiger partial charge in [0.2, 0.25) is 0 Å². The Morgan fingerprint density at radius 3 is 1.83 bits per heavy atom. The van der Waals surface area contributed by atoms with Crippen molar-refractivity contribution >= 4 is 23.1 Å². The Balaban J connectivity index is 2.30. The van der Waals surface area contributed by atoms with Crippen molar-refractivity contribution in [2.75, 3.05) is 0 Å². The van der Waals surface area contributed by atoms with Crippen LogP contribution in [0.4, 0.5) is 0 Å². The summed E-state index contributed by atoms with van der Waals surface area (Å²) in [5, 5.41) is 9.53. The van der Waals surface area contributed by atoms with Crippen molar-refractivity contribution in [2.45, 2.75) is 0 Å². The van der Waals surface area contributed by atoms with E-state index in [2.05, 4.69) is 6.58 Å². The minimum Gasteiger partial charge on any atom is -0.478 e. The summed E-state index contributed by atoms with van der Waals surface area (Å²) in [6.45, 7) is 3.52. The number of carboxylic acid groups (broad SMARTS) is 1. The van der Waals surface area contributed by atoms with Gasteiger partial charge in [0.1, 0.15) is 0 Å². The normalized spacial score (nSPS) is 10.1. The molecular formula is C15H11ClO2. The van der Waals surface area contributed by atoms with Crippen LogP contribution in [0.5, 0.6) is 0 Å². The molecule has 0 bridgehead atoms. The molecule has 1 N–H and O–H groups in total. The fraction of sp³-hybridized carbons (Fsp3) is 0. The van der Waals surface area contributed by atoms with Crippen molar-refractivity contribution in [2.24, 2.45) is 0 Å². The van der Waals surface area contributed by atoms with Crippen LogP contribution in [0.2, 0.25) is 5.02 Å². The molecule has 0 aliphatic rings. The molecule has 0 spiro atoms. The van der Waals surface area contributed by atoms with Crippen LogP contribution in [0.15, 0.2) is 55.1 Å². The van der Waals surface area contributed by atoms with Crippen LogP contribution in [-0.4, -0.2) is 11.1 Å². The topological polar surface area (TPSA) is 37.3 Å². The summed E-state index contributed by atoms with van der Waals surface area (Å²) >= 11 is 5.82. The standard InChI is InChI=1S/C15H11ClO2/c1-10(15(17)18)11-2-4-12(5-3-11)13-6-8-14(16)9-7-13/h2-9H,1H2,(H,17,18). The third kappa shape index (κ3) is 2.60. The zero-order valence-corrected chi connectivity index (χ0v) is 10.3. The van der Waals surface area contributed by atoms with Crippen molar-refractivity contribution in [1.29, 1.82) is 0 Å². The first kappa shape index (κ1) is 12.4. The first-order chi connectivity index (χ1) is 8.58. The molecule has 0 saturated carbocycles. The van der Waals surface area contributed by atoms with Gasteiger partial charge >= 0.3 is 5.97 Å². The lowest BCUT2D eigenvalue weighted by molar-refractivity contribution is -0.130. The Bertz CT molecular complexity index is 583.